The highest BCUT2D eigenvalue weighted by Gasteiger charge is 2.14. The van der Waals surface area contributed by atoms with Gasteiger partial charge in [-0.3, -0.25) is 4.90 Å². The highest BCUT2D eigenvalue weighted by molar-refractivity contribution is 5.29. The summed E-state index contributed by atoms with van der Waals surface area (Å²) in [7, 11) is 3.78. The highest BCUT2D eigenvalue weighted by atomic mass is 16.5. The van der Waals surface area contributed by atoms with E-state index >= 15 is 0 Å². The Hall–Kier alpha value is -1.10. The van der Waals surface area contributed by atoms with Crippen LogP contribution in [0.1, 0.15) is 24.9 Å². The number of nitrogens with two attached hydrogens (primary N) is 1. The van der Waals surface area contributed by atoms with Gasteiger partial charge in [-0.2, -0.15) is 0 Å². The Morgan fingerprint density at radius 2 is 1.89 bits per heavy atom. The van der Waals surface area contributed by atoms with E-state index in [1.54, 1.807) is 7.11 Å². The van der Waals surface area contributed by atoms with Crippen LogP contribution in [0.5, 0.6) is 5.75 Å². The normalized spacial score (nSPS) is 12.7. The van der Waals surface area contributed by atoms with E-state index in [0.717, 1.165) is 25.3 Å². The van der Waals surface area contributed by atoms with Crippen molar-refractivity contribution in [2.45, 2.75) is 19.4 Å². The van der Waals surface area contributed by atoms with E-state index in [9.17, 15) is 0 Å². The number of likely N-dealkylation sites (N-methyl/N-ethyl adjacent to an activating group) is 1. The molecule has 0 aliphatic heterocycles. The minimum atomic E-state index is 0.218. The molecule has 108 valence electrons. The van der Waals surface area contributed by atoms with Crippen molar-refractivity contribution in [2.75, 3.05) is 40.5 Å². The molecule has 0 amide bonds. The smallest absolute Gasteiger partial charge is 0.119 e. The molecule has 4 nitrogen and oxygen atoms in total. The fraction of sp³-hybridized carbons (Fsp3) is 0.600. The van der Waals surface area contributed by atoms with Crippen LogP contribution in [0.4, 0.5) is 0 Å². The van der Waals surface area contributed by atoms with Crippen molar-refractivity contribution >= 4 is 0 Å². The molecule has 0 bridgehead atoms. The van der Waals surface area contributed by atoms with Gasteiger partial charge >= 0.3 is 0 Å². The van der Waals surface area contributed by atoms with Gasteiger partial charge < -0.3 is 15.2 Å². The van der Waals surface area contributed by atoms with Crippen molar-refractivity contribution < 1.29 is 9.47 Å². The maximum atomic E-state index is 5.88. The number of hydrogen-bond acceptors (Lipinski definition) is 4. The standard InChI is InChI=1S/C15H26N2O2/c1-4-10-19-14-7-5-13(6-8-14)15(12-16)17(2)9-11-18-3/h5-8,15H,4,9-12,16H2,1-3H3. The van der Waals surface area contributed by atoms with E-state index in [4.69, 9.17) is 15.2 Å². The predicted octanol–water partition coefficient (Wildman–Crippen LogP) is 2.05. The van der Waals surface area contributed by atoms with Crippen LogP contribution in [0.15, 0.2) is 24.3 Å². The number of nitrogens with zero attached hydrogens (tertiary/aromatic N) is 1. The second kappa shape index (κ2) is 8.91. The zero-order valence-corrected chi connectivity index (χ0v) is 12.3. The zero-order valence-electron chi connectivity index (χ0n) is 12.3. The Kier molecular flexibility index (Phi) is 7.48. The molecule has 1 aromatic rings. The summed E-state index contributed by atoms with van der Waals surface area (Å²) in [6.07, 6.45) is 1.02. The SMILES string of the molecule is CCCOc1ccc(C(CN)N(C)CCOC)cc1. The second-order valence-corrected chi connectivity index (χ2v) is 4.64. The molecular weight excluding hydrogens is 240 g/mol. The maximum Gasteiger partial charge on any atom is 0.119 e. The van der Waals surface area contributed by atoms with Crippen molar-refractivity contribution in [3.8, 4) is 5.75 Å². The van der Waals surface area contributed by atoms with Crippen molar-refractivity contribution in [3.05, 3.63) is 29.8 Å². The highest BCUT2D eigenvalue weighted by Crippen LogP contribution is 2.21. The first-order chi connectivity index (χ1) is 9.22. The van der Waals surface area contributed by atoms with Gasteiger partial charge in [-0.05, 0) is 31.2 Å². The third-order valence-corrected chi connectivity index (χ3v) is 3.14. The minimum absolute atomic E-state index is 0.218. The number of benzene rings is 1. The summed E-state index contributed by atoms with van der Waals surface area (Å²) < 4.78 is 10.7. The quantitative estimate of drug-likeness (QED) is 0.743. The van der Waals surface area contributed by atoms with Crippen LogP contribution in [-0.4, -0.2) is 45.4 Å². The summed E-state index contributed by atoms with van der Waals surface area (Å²) >= 11 is 0. The molecule has 1 unspecified atom stereocenters. The lowest BCUT2D eigenvalue weighted by Crippen LogP contribution is -2.32. The van der Waals surface area contributed by atoms with E-state index in [1.165, 1.54) is 5.56 Å². The van der Waals surface area contributed by atoms with Crippen molar-refractivity contribution in [1.82, 2.24) is 4.90 Å². The van der Waals surface area contributed by atoms with Crippen LogP contribution in [0.25, 0.3) is 0 Å². The van der Waals surface area contributed by atoms with Crippen LogP contribution in [0, 0.1) is 0 Å². The summed E-state index contributed by atoms with van der Waals surface area (Å²) in [6, 6.07) is 8.42. The Balaban J connectivity index is 2.65. The molecule has 0 radical (unpaired) electrons. The summed E-state index contributed by atoms with van der Waals surface area (Å²) in [5.74, 6) is 0.918. The van der Waals surface area contributed by atoms with Crippen LogP contribution >= 0.6 is 0 Å². The van der Waals surface area contributed by atoms with Crippen LogP contribution in [-0.2, 0) is 4.74 Å². The van der Waals surface area contributed by atoms with Crippen LogP contribution < -0.4 is 10.5 Å². The van der Waals surface area contributed by atoms with Gasteiger partial charge in [-0.25, -0.2) is 0 Å². The van der Waals surface area contributed by atoms with Gasteiger partial charge in [0.05, 0.1) is 13.2 Å². The third-order valence-electron chi connectivity index (χ3n) is 3.14. The molecule has 1 rings (SSSR count). The first-order valence-corrected chi connectivity index (χ1v) is 6.85. The van der Waals surface area contributed by atoms with Gasteiger partial charge in [0.15, 0.2) is 0 Å². The van der Waals surface area contributed by atoms with E-state index in [2.05, 4.69) is 31.0 Å². The lowest BCUT2D eigenvalue weighted by Gasteiger charge is -2.27. The minimum Gasteiger partial charge on any atom is -0.494 e. The molecule has 0 saturated carbocycles. The lowest BCUT2D eigenvalue weighted by molar-refractivity contribution is 0.140. The van der Waals surface area contributed by atoms with E-state index in [1.807, 2.05) is 12.1 Å². The fourth-order valence-corrected chi connectivity index (χ4v) is 1.97. The van der Waals surface area contributed by atoms with E-state index < -0.39 is 0 Å². The van der Waals surface area contributed by atoms with Gasteiger partial charge in [-0.1, -0.05) is 19.1 Å². The van der Waals surface area contributed by atoms with Gasteiger partial charge in [-0.15, -0.1) is 0 Å². The summed E-state index contributed by atoms with van der Waals surface area (Å²) in [5.41, 5.74) is 7.09. The number of rotatable bonds is 9. The first kappa shape index (κ1) is 16.0. The zero-order chi connectivity index (χ0) is 14.1. The number of hydrogen-bond donors (Lipinski definition) is 1. The number of ether oxygens (including phenoxy) is 2. The molecule has 0 heterocycles. The average Bonchev–Trinajstić information content (AvgIpc) is 2.45. The van der Waals surface area contributed by atoms with Crippen LogP contribution in [0.3, 0.4) is 0 Å². The molecule has 1 aromatic carbocycles. The monoisotopic (exact) mass is 266 g/mol. The molecular formula is C15H26N2O2. The number of methoxy groups -OCH3 is 1. The van der Waals surface area contributed by atoms with Gasteiger partial charge in [0.1, 0.15) is 5.75 Å². The van der Waals surface area contributed by atoms with Gasteiger partial charge in [0.2, 0.25) is 0 Å². The first-order valence-electron chi connectivity index (χ1n) is 6.85. The Morgan fingerprint density at radius 1 is 1.21 bits per heavy atom. The summed E-state index contributed by atoms with van der Waals surface area (Å²) in [5, 5.41) is 0. The lowest BCUT2D eigenvalue weighted by atomic mass is 10.1. The Bertz CT molecular complexity index is 341. The molecule has 0 aromatic heterocycles. The molecule has 2 N–H and O–H groups in total. The molecule has 0 aliphatic carbocycles. The summed E-state index contributed by atoms with van der Waals surface area (Å²) in [6.45, 7) is 5.03. The van der Waals surface area contributed by atoms with Crippen molar-refractivity contribution in [1.29, 1.82) is 0 Å². The summed E-state index contributed by atoms with van der Waals surface area (Å²) in [4.78, 5) is 2.21. The molecule has 0 aliphatic rings. The molecule has 0 saturated heterocycles. The molecule has 4 heteroatoms. The van der Waals surface area contributed by atoms with E-state index in [-0.39, 0.29) is 6.04 Å². The molecule has 0 fully saturated rings. The molecule has 1 atom stereocenters. The molecule has 19 heavy (non-hydrogen) atoms. The average molecular weight is 266 g/mol. The topological polar surface area (TPSA) is 47.7 Å². The van der Waals surface area contributed by atoms with Crippen molar-refractivity contribution in [3.63, 3.8) is 0 Å². The third kappa shape index (κ3) is 5.19. The predicted molar refractivity (Wildman–Crippen MR) is 78.5 cm³/mol. The second-order valence-electron chi connectivity index (χ2n) is 4.64. The Morgan fingerprint density at radius 3 is 2.42 bits per heavy atom. The van der Waals surface area contributed by atoms with Gasteiger partial charge in [0.25, 0.3) is 0 Å². The van der Waals surface area contributed by atoms with E-state index in [0.29, 0.717) is 13.2 Å². The Labute approximate surface area is 116 Å². The maximum absolute atomic E-state index is 5.88. The molecule has 0 spiro atoms. The van der Waals surface area contributed by atoms with Crippen molar-refractivity contribution in [2.24, 2.45) is 5.73 Å². The largest absolute Gasteiger partial charge is 0.494 e. The van der Waals surface area contributed by atoms with Crippen LogP contribution in [0.2, 0.25) is 0 Å². The fourth-order valence-electron chi connectivity index (χ4n) is 1.97. The van der Waals surface area contributed by atoms with Gasteiger partial charge in [0, 0.05) is 26.2 Å².